The molecule has 9 nitrogen and oxygen atoms in total. The molecule has 0 saturated heterocycles. The van der Waals surface area contributed by atoms with Gasteiger partial charge in [-0.25, -0.2) is 0 Å². The van der Waals surface area contributed by atoms with Crippen LogP contribution in [0.15, 0.2) is 40.9 Å². The maximum atomic E-state index is 12.5. The number of carbonyl (C=O) groups is 1. The van der Waals surface area contributed by atoms with Gasteiger partial charge in [-0.2, -0.15) is 4.98 Å². The molecule has 1 heterocycles. The number of hydrogen-bond donors (Lipinski definition) is 1. The number of ether oxygens (including phenoxy) is 4. The first kappa shape index (κ1) is 20.0. The molecule has 2 aromatic carbocycles. The molecule has 0 aliphatic heterocycles. The lowest BCUT2D eigenvalue weighted by atomic mass is 10.1. The van der Waals surface area contributed by atoms with Gasteiger partial charge in [0.05, 0.1) is 35.0 Å². The summed E-state index contributed by atoms with van der Waals surface area (Å²) in [5, 5.41) is 6.64. The Kier molecular flexibility index (Phi) is 6.18. The van der Waals surface area contributed by atoms with Gasteiger partial charge in [-0.3, -0.25) is 4.79 Å². The molecule has 0 radical (unpaired) electrons. The molecule has 0 aliphatic carbocycles. The van der Waals surface area contributed by atoms with Crippen molar-refractivity contribution in [1.82, 2.24) is 15.5 Å². The highest BCUT2D eigenvalue weighted by atomic mass is 16.5. The van der Waals surface area contributed by atoms with E-state index in [4.69, 9.17) is 23.5 Å². The van der Waals surface area contributed by atoms with Crippen LogP contribution < -0.4 is 24.3 Å². The number of rotatable bonds is 8. The molecule has 1 N–H and O–H groups in total. The van der Waals surface area contributed by atoms with Crippen molar-refractivity contribution in [2.75, 3.05) is 28.4 Å². The molecule has 1 aromatic heterocycles. The molecule has 0 bridgehead atoms. The maximum Gasteiger partial charge on any atom is 0.257 e. The SMILES string of the molecule is COc1ccc(-c2nc(CNC(=O)c3cc(OC)c(OC)c(OC)c3)no2)cc1. The lowest BCUT2D eigenvalue weighted by Crippen LogP contribution is -2.23. The predicted molar refractivity (Wildman–Crippen MR) is 104 cm³/mol. The van der Waals surface area contributed by atoms with Crippen molar-refractivity contribution >= 4 is 5.91 Å². The third-order valence-corrected chi connectivity index (χ3v) is 4.14. The number of hydrogen-bond acceptors (Lipinski definition) is 8. The van der Waals surface area contributed by atoms with Crippen LogP contribution in [0.25, 0.3) is 11.5 Å². The summed E-state index contributed by atoms with van der Waals surface area (Å²) in [6, 6.07) is 10.3. The Morgan fingerprint density at radius 1 is 0.966 bits per heavy atom. The zero-order valence-electron chi connectivity index (χ0n) is 16.5. The fourth-order valence-electron chi connectivity index (χ4n) is 2.65. The summed E-state index contributed by atoms with van der Waals surface area (Å²) in [6.07, 6.45) is 0. The summed E-state index contributed by atoms with van der Waals surface area (Å²) in [4.78, 5) is 16.8. The molecule has 0 spiro atoms. The molecule has 0 saturated carbocycles. The normalized spacial score (nSPS) is 10.3. The van der Waals surface area contributed by atoms with E-state index in [1.54, 1.807) is 31.4 Å². The van der Waals surface area contributed by atoms with Crippen molar-refractivity contribution in [2.45, 2.75) is 6.54 Å². The van der Waals surface area contributed by atoms with E-state index >= 15 is 0 Å². The summed E-state index contributed by atoms with van der Waals surface area (Å²) in [5.41, 5.74) is 1.10. The zero-order valence-corrected chi connectivity index (χ0v) is 16.5. The highest BCUT2D eigenvalue weighted by molar-refractivity contribution is 5.95. The van der Waals surface area contributed by atoms with Crippen molar-refractivity contribution in [2.24, 2.45) is 0 Å². The number of benzene rings is 2. The Morgan fingerprint density at radius 2 is 1.62 bits per heavy atom. The summed E-state index contributed by atoms with van der Waals surface area (Å²) >= 11 is 0. The Hall–Kier alpha value is -3.75. The van der Waals surface area contributed by atoms with Crippen LogP contribution in [0.1, 0.15) is 16.2 Å². The van der Waals surface area contributed by atoms with Gasteiger partial charge < -0.3 is 28.8 Å². The number of methoxy groups -OCH3 is 4. The minimum absolute atomic E-state index is 0.0924. The fraction of sp³-hybridized carbons (Fsp3) is 0.250. The third-order valence-electron chi connectivity index (χ3n) is 4.14. The van der Waals surface area contributed by atoms with Gasteiger partial charge in [-0.1, -0.05) is 5.16 Å². The van der Waals surface area contributed by atoms with Crippen molar-refractivity contribution < 1.29 is 28.3 Å². The minimum atomic E-state index is -0.347. The molecule has 152 valence electrons. The average Bonchev–Trinajstić information content (AvgIpc) is 3.25. The average molecular weight is 399 g/mol. The molecule has 9 heteroatoms. The molecule has 0 fully saturated rings. The van der Waals surface area contributed by atoms with Gasteiger partial charge in [0.15, 0.2) is 17.3 Å². The number of nitrogens with zero attached hydrogens (tertiary/aromatic N) is 2. The fourth-order valence-corrected chi connectivity index (χ4v) is 2.65. The zero-order chi connectivity index (χ0) is 20.8. The van der Waals surface area contributed by atoms with Crippen molar-refractivity contribution in [3.63, 3.8) is 0 Å². The highest BCUT2D eigenvalue weighted by Crippen LogP contribution is 2.38. The van der Waals surface area contributed by atoms with E-state index in [2.05, 4.69) is 15.5 Å². The molecule has 0 unspecified atom stereocenters. The Bertz CT molecular complexity index is 959. The second kappa shape index (κ2) is 8.96. The molecular weight excluding hydrogens is 378 g/mol. The maximum absolute atomic E-state index is 12.5. The Balaban J connectivity index is 1.70. The standard InChI is InChI=1S/C20H21N3O6/c1-25-14-7-5-12(6-8-14)20-22-17(23-29-20)11-21-19(24)13-9-15(26-2)18(28-4)16(10-13)27-3/h5-10H,11H2,1-4H3,(H,21,24). The Labute approximate surface area is 167 Å². The van der Waals surface area contributed by atoms with Crippen molar-refractivity contribution in [3.05, 3.63) is 47.8 Å². The van der Waals surface area contributed by atoms with E-state index in [0.717, 1.165) is 11.3 Å². The minimum Gasteiger partial charge on any atom is -0.497 e. The van der Waals surface area contributed by atoms with Crippen molar-refractivity contribution in [1.29, 1.82) is 0 Å². The second-order valence-electron chi connectivity index (χ2n) is 5.84. The van der Waals surface area contributed by atoms with Crippen LogP contribution in [-0.2, 0) is 6.54 Å². The summed E-state index contributed by atoms with van der Waals surface area (Å²) in [7, 11) is 6.06. The predicted octanol–water partition coefficient (Wildman–Crippen LogP) is 2.70. The van der Waals surface area contributed by atoms with Crippen molar-refractivity contribution in [3.8, 4) is 34.5 Å². The first-order valence-corrected chi connectivity index (χ1v) is 8.64. The Morgan fingerprint density at radius 3 is 2.17 bits per heavy atom. The van der Waals surface area contributed by atoms with E-state index in [1.807, 2.05) is 12.1 Å². The molecule has 3 aromatic rings. The van der Waals surface area contributed by atoms with Crippen LogP contribution >= 0.6 is 0 Å². The molecular formula is C20H21N3O6. The lowest BCUT2D eigenvalue weighted by molar-refractivity contribution is 0.0949. The van der Waals surface area contributed by atoms with Gasteiger partial charge >= 0.3 is 0 Å². The smallest absolute Gasteiger partial charge is 0.257 e. The lowest BCUT2D eigenvalue weighted by Gasteiger charge is -2.13. The van der Waals surface area contributed by atoms with E-state index in [-0.39, 0.29) is 12.5 Å². The second-order valence-corrected chi connectivity index (χ2v) is 5.84. The molecule has 3 rings (SSSR count). The molecule has 1 amide bonds. The van der Waals surface area contributed by atoms with Crippen LogP contribution in [0.2, 0.25) is 0 Å². The molecule has 0 aliphatic rings. The van der Waals surface area contributed by atoms with Gasteiger partial charge in [0.2, 0.25) is 5.75 Å². The largest absolute Gasteiger partial charge is 0.497 e. The molecule has 29 heavy (non-hydrogen) atoms. The summed E-state index contributed by atoms with van der Waals surface area (Å²) in [6.45, 7) is 0.0924. The van der Waals surface area contributed by atoms with Crippen LogP contribution in [0, 0.1) is 0 Å². The summed E-state index contributed by atoms with van der Waals surface area (Å²) in [5.74, 6) is 2.26. The first-order chi connectivity index (χ1) is 14.1. The van der Waals surface area contributed by atoms with E-state index in [0.29, 0.717) is 34.5 Å². The molecule has 0 atom stereocenters. The number of carbonyl (C=O) groups excluding carboxylic acids is 1. The summed E-state index contributed by atoms with van der Waals surface area (Å²) < 4.78 is 26.2. The third kappa shape index (κ3) is 4.40. The topological polar surface area (TPSA) is 105 Å². The van der Waals surface area contributed by atoms with Crippen LogP contribution in [-0.4, -0.2) is 44.5 Å². The first-order valence-electron chi connectivity index (χ1n) is 8.64. The van der Waals surface area contributed by atoms with Crippen LogP contribution in [0.3, 0.4) is 0 Å². The van der Waals surface area contributed by atoms with E-state index in [9.17, 15) is 4.79 Å². The number of aromatic nitrogens is 2. The monoisotopic (exact) mass is 399 g/mol. The quantitative estimate of drug-likeness (QED) is 0.616. The highest BCUT2D eigenvalue weighted by Gasteiger charge is 2.17. The van der Waals surface area contributed by atoms with Gasteiger partial charge in [0.1, 0.15) is 5.75 Å². The van der Waals surface area contributed by atoms with Gasteiger partial charge in [-0.15, -0.1) is 0 Å². The van der Waals surface area contributed by atoms with Gasteiger partial charge in [0.25, 0.3) is 11.8 Å². The number of nitrogens with one attached hydrogen (secondary N) is 1. The van der Waals surface area contributed by atoms with Gasteiger partial charge in [-0.05, 0) is 36.4 Å². The van der Waals surface area contributed by atoms with Crippen LogP contribution in [0.5, 0.6) is 23.0 Å². The number of amides is 1. The van der Waals surface area contributed by atoms with E-state index in [1.165, 1.54) is 21.3 Å². The van der Waals surface area contributed by atoms with Crippen LogP contribution in [0.4, 0.5) is 0 Å². The van der Waals surface area contributed by atoms with Gasteiger partial charge in [0, 0.05) is 11.1 Å². The van der Waals surface area contributed by atoms with E-state index < -0.39 is 0 Å².